The Morgan fingerprint density at radius 2 is 1.69 bits per heavy atom. The maximum absolute atomic E-state index is 13.3. The van der Waals surface area contributed by atoms with E-state index in [0.29, 0.717) is 6.42 Å². The van der Waals surface area contributed by atoms with E-state index in [1.54, 1.807) is 43.3 Å². The molecule has 9 nitrogen and oxygen atoms in total. The zero-order valence-corrected chi connectivity index (χ0v) is 19.1. The fourth-order valence-electron chi connectivity index (χ4n) is 3.79. The van der Waals surface area contributed by atoms with Crippen LogP contribution in [0, 0.1) is 0 Å². The van der Waals surface area contributed by atoms with Gasteiger partial charge in [-0.15, -0.1) is 0 Å². The number of amides is 1. The van der Waals surface area contributed by atoms with Gasteiger partial charge in [0, 0.05) is 12.7 Å². The van der Waals surface area contributed by atoms with Crippen LogP contribution in [0.4, 0.5) is 5.69 Å². The second-order valence-electron chi connectivity index (χ2n) is 7.75. The van der Waals surface area contributed by atoms with Crippen molar-refractivity contribution < 1.29 is 14.3 Å². The van der Waals surface area contributed by atoms with E-state index in [0.717, 1.165) is 10.1 Å². The predicted molar refractivity (Wildman–Crippen MR) is 131 cm³/mol. The molecule has 0 aliphatic heterocycles. The summed E-state index contributed by atoms with van der Waals surface area (Å²) in [6, 6.07) is 19.1. The molecule has 35 heavy (non-hydrogen) atoms. The van der Waals surface area contributed by atoms with E-state index < -0.39 is 23.1 Å². The third-order valence-electron chi connectivity index (χ3n) is 5.45. The second-order valence-corrected chi connectivity index (χ2v) is 7.75. The fourth-order valence-corrected chi connectivity index (χ4v) is 3.79. The molecule has 2 heterocycles. The van der Waals surface area contributed by atoms with Crippen LogP contribution >= 0.6 is 0 Å². The van der Waals surface area contributed by atoms with Crippen LogP contribution in [-0.2, 0) is 29.0 Å². The number of nitrogens with zero attached hydrogens (tertiary/aromatic N) is 3. The number of esters is 1. The van der Waals surface area contributed by atoms with Crippen molar-refractivity contribution in [3.63, 3.8) is 0 Å². The van der Waals surface area contributed by atoms with Crippen molar-refractivity contribution in [3.05, 3.63) is 105 Å². The number of nitrogens with one attached hydrogen (secondary N) is 1. The number of fused-ring (bicyclic) bond motifs is 1. The first kappa shape index (κ1) is 23.6. The first-order valence-electron chi connectivity index (χ1n) is 11.2. The van der Waals surface area contributed by atoms with Crippen molar-refractivity contribution in [2.75, 3.05) is 11.9 Å². The highest BCUT2D eigenvalue weighted by Gasteiger charge is 2.18. The maximum Gasteiger partial charge on any atom is 0.340 e. The lowest BCUT2D eigenvalue weighted by atomic mass is 10.1. The molecule has 0 aliphatic carbocycles. The summed E-state index contributed by atoms with van der Waals surface area (Å²) in [5.41, 5.74) is 0.677. The van der Waals surface area contributed by atoms with E-state index in [1.165, 1.54) is 10.8 Å². The van der Waals surface area contributed by atoms with Crippen molar-refractivity contribution in [1.29, 1.82) is 0 Å². The minimum atomic E-state index is -0.611. The van der Waals surface area contributed by atoms with Gasteiger partial charge in [-0.25, -0.2) is 14.6 Å². The van der Waals surface area contributed by atoms with Crippen LogP contribution < -0.4 is 16.6 Å². The average Bonchev–Trinajstić information content (AvgIpc) is 2.87. The van der Waals surface area contributed by atoms with E-state index in [1.807, 2.05) is 30.3 Å². The molecular formula is C26H24N4O5. The summed E-state index contributed by atoms with van der Waals surface area (Å²) in [7, 11) is 0. The Bertz CT molecular complexity index is 1490. The molecule has 178 valence electrons. The van der Waals surface area contributed by atoms with E-state index in [9.17, 15) is 19.2 Å². The third-order valence-corrected chi connectivity index (χ3v) is 5.45. The van der Waals surface area contributed by atoms with Crippen LogP contribution in [0.25, 0.3) is 11.0 Å². The first-order chi connectivity index (χ1) is 17.0. The normalized spacial score (nSPS) is 10.8. The lowest BCUT2D eigenvalue weighted by molar-refractivity contribution is -0.116. The van der Waals surface area contributed by atoms with Gasteiger partial charge in [0.25, 0.3) is 5.56 Å². The van der Waals surface area contributed by atoms with Crippen molar-refractivity contribution in [2.45, 2.75) is 26.4 Å². The van der Waals surface area contributed by atoms with Crippen LogP contribution in [0.3, 0.4) is 0 Å². The molecule has 4 rings (SSSR count). The Labute approximate surface area is 200 Å². The first-order valence-corrected chi connectivity index (χ1v) is 11.2. The predicted octanol–water partition coefficient (Wildman–Crippen LogP) is 2.62. The van der Waals surface area contributed by atoms with Crippen molar-refractivity contribution in [2.24, 2.45) is 0 Å². The molecule has 0 saturated carbocycles. The van der Waals surface area contributed by atoms with Gasteiger partial charge in [-0.2, -0.15) is 0 Å². The van der Waals surface area contributed by atoms with Gasteiger partial charge >= 0.3 is 11.7 Å². The summed E-state index contributed by atoms with van der Waals surface area (Å²) in [5, 5.41) is 2.67. The molecule has 0 saturated heterocycles. The molecule has 2 aromatic heterocycles. The van der Waals surface area contributed by atoms with E-state index in [4.69, 9.17) is 4.74 Å². The summed E-state index contributed by atoms with van der Waals surface area (Å²) in [6.45, 7) is 1.66. The van der Waals surface area contributed by atoms with Crippen LogP contribution in [0.15, 0.2) is 82.5 Å². The smallest absolute Gasteiger partial charge is 0.340 e. The average molecular weight is 473 g/mol. The molecule has 4 aromatic rings. The molecule has 0 fully saturated rings. The topological polar surface area (TPSA) is 112 Å². The van der Waals surface area contributed by atoms with Crippen molar-refractivity contribution >= 4 is 28.6 Å². The van der Waals surface area contributed by atoms with Gasteiger partial charge < -0.3 is 10.1 Å². The molecule has 0 bridgehead atoms. The van der Waals surface area contributed by atoms with Crippen LogP contribution in [-0.4, -0.2) is 32.6 Å². The van der Waals surface area contributed by atoms with E-state index >= 15 is 0 Å². The Morgan fingerprint density at radius 1 is 0.943 bits per heavy atom. The number of rotatable bonds is 8. The lowest BCUT2D eigenvalue weighted by Crippen LogP contribution is -2.42. The molecule has 0 radical (unpaired) electrons. The van der Waals surface area contributed by atoms with Gasteiger partial charge in [0.1, 0.15) is 6.54 Å². The number of aryl methyl sites for hydroxylation is 1. The highest BCUT2D eigenvalue weighted by atomic mass is 16.5. The lowest BCUT2D eigenvalue weighted by Gasteiger charge is -2.14. The number of benzene rings is 2. The number of carbonyl (C=O) groups is 2. The molecule has 0 aliphatic rings. The van der Waals surface area contributed by atoms with Gasteiger partial charge in [-0.3, -0.25) is 18.7 Å². The zero-order chi connectivity index (χ0) is 24.8. The van der Waals surface area contributed by atoms with Crippen molar-refractivity contribution in [3.8, 4) is 0 Å². The summed E-state index contributed by atoms with van der Waals surface area (Å²) in [4.78, 5) is 55.7. The van der Waals surface area contributed by atoms with Crippen molar-refractivity contribution in [1.82, 2.24) is 14.1 Å². The zero-order valence-electron chi connectivity index (χ0n) is 19.1. The van der Waals surface area contributed by atoms with Crippen LogP contribution in [0.2, 0.25) is 0 Å². The van der Waals surface area contributed by atoms with Gasteiger partial charge in [0.05, 0.1) is 23.4 Å². The monoisotopic (exact) mass is 472 g/mol. The molecular weight excluding hydrogens is 448 g/mol. The minimum absolute atomic E-state index is 0.0971. The number of carbonyl (C=O) groups excluding carboxylic acids is 2. The number of ether oxygens (including phenoxy) is 1. The number of hydrogen-bond donors (Lipinski definition) is 1. The summed E-state index contributed by atoms with van der Waals surface area (Å²) in [5.74, 6) is -1.10. The van der Waals surface area contributed by atoms with Gasteiger partial charge in [0.2, 0.25) is 5.91 Å². The number of pyridine rings is 1. The fraction of sp³-hybridized carbons (Fsp3) is 0.192. The summed E-state index contributed by atoms with van der Waals surface area (Å²) < 4.78 is 7.36. The summed E-state index contributed by atoms with van der Waals surface area (Å²) >= 11 is 0. The van der Waals surface area contributed by atoms with E-state index in [-0.39, 0.29) is 42.0 Å². The second kappa shape index (κ2) is 10.6. The minimum Gasteiger partial charge on any atom is -0.462 e. The Kier molecular flexibility index (Phi) is 7.15. The Morgan fingerprint density at radius 3 is 2.46 bits per heavy atom. The van der Waals surface area contributed by atoms with Crippen LogP contribution in [0.5, 0.6) is 0 Å². The number of para-hydroxylation sites is 1. The molecule has 0 atom stereocenters. The van der Waals surface area contributed by atoms with E-state index in [2.05, 4.69) is 10.3 Å². The number of anilines is 1. The molecule has 9 heteroatoms. The molecule has 1 amide bonds. The quantitative estimate of drug-likeness (QED) is 0.395. The maximum atomic E-state index is 13.3. The molecule has 0 unspecified atom stereocenters. The molecule has 2 aromatic carbocycles. The Balaban J connectivity index is 1.67. The van der Waals surface area contributed by atoms with Crippen LogP contribution in [0.1, 0.15) is 22.8 Å². The molecule has 0 spiro atoms. The standard InChI is InChI=1S/C26H24N4O5/c1-2-35-25(33)19-11-6-7-12-20(19)28-22(31)17-30-21-13-8-15-27-23(21)24(32)29(26(30)34)16-14-18-9-4-3-5-10-18/h3-13,15H,2,14,16-17H2,1H3,(H,28,31). The van der Waals surface area contributed by atoms with Gasteiger partial charge in [0.15, 0.2) is 5.52 Å². The Hall–Kier alpha value is -4.53. The van der Waals surface area contributed by atoms with Gasteiger partial charge in [-0.05, 0) is 43.2 Å². The SMILES string of the molecule is CCOC(=O)c1ccccc1NC(=O)Cn1c(=O)n(CCc2ccccc2)c(=O)c2ncccc21. The largest absolute Gasteiger partial charge is 0.462 e. The van der Waals surface area contributed by atoms with Gasteiger partial charge in [-0.1, -0.05) is 42.5 Å². The highest BCUT2D eigenvalue weighted by molar-refractivity contribution is 6.01. The third kappa shape index (κ3) is 5.19. The summed E-state index contributed by atoms with van der Waals surface area (Å²) in [6.07, 6.45) is 1.93. The number of hydrogen-bond acceptors (Lipinski definition) is 6. The molecule has 1 N–H and O–H groups in total. The number of aromatic nitrogens is 3. The highest BCUT2D eigenvalue weighted by Crippen LogP contribution is 2.16.